The van der Waals surface area contributed by atoms with E-state index in [1.807, 2.05) is 6.92 Å². The van der Waals surface area contributed by atoms with Crippen LogP contribution < -0.4 is 29.5 Å². The molecular weight excluding hydrogens is 950 g/mol. The molecule has 1 spiro atoms. The maximum absolute atomic E-state index is 15.2. The number of rotatable bonds is 16. The van der Waals surface area contributed by atoms with Crippen molar-refractivity contribution in [3.05, 3.63) is 107 Å². The molecule has 2 aromatic heterocycles. The first-order valence-electron chi connectivity index (χ1n) is 25.6. The molecule has 16 nitrogen and oxygen atoms in total. The third-order valence-corrected chi connectivity index (χ3v) is 17.1. The molecule has 4 aromatic rings. The van der Waals surface area contributed by atoms with Crippen molar-refractivity contribution in [2.45, 2.75) is 108 Å². The summed E-state index contributed by atoms with van der Waals surface area (Å²) in [6.45, 7) is 17.1. The second kappa shape index (κ2) is 21.0. The van der Waals surface area contributed by atoms with Crippen LogP contribution in [-0.4, -0.2) is 110 Å². The predicted molar refractivity (Wildman–Crippen MR) is 281 cm³/mol. The van der Waals surface area contributed by atoms with Crippen LogP contribution in [0.2, 0.25) is 0 Å². The van der Waals surface area contributed by atoms with Gasteiger partial charge in [0.1, 0.15) is 22.3 Å². The molecule has 3 aliphatic carbocycles. The number of fused-ring (bicyclic) bond motifs is 1. The normalized spacial score (nSPS) is 22.3. The molecule has 0 radical (unpaired) electrons. The number of piperidine rings is 1. The van der Waals surface area contributed by atoms with E-state index in [2.05, 4.69) is 85.5 Å². The number of allylic oxidation sites excluding steroid dienone is 2. The first-order chi connectivity index (χ1) is 34.9. The van der Waals surface area contributed by atoms with Gasteiger partial charge < -0.3 is 35.1 Å². The molecular formula is C55H67FN9O7S-. The molecule has 18 heteroatoms. The monoisotopic (exact) mass is 1020 g/mol. The Bertz CT molecular complexity index is 2910. The number of nitriles is 1. The lowest BCUT2D eigenvalue weighted by atomic mass is 9.59. The van der Waals surface area contributed by atoms with E-state index in [-0.39, 0.29) is 64.0 Å². The zero-order valence-corrected chi connectivity index (χ0v) is 43.3. The van der Waals surface area contributed by atoms with E-state index < -0.39 is 32.3 Å². The average molecular weight is 1020 g/mol. The Morgan fingerprint density at radius 1 is 1.07 bits per heavy atom. The number of carbonyl (C=O) groups is 1. The van der Waals surface area contributed by atoms with Gasteiger partial charge in [-0.05, 0) is 137 Å². The third kappa shape index (κ3) is 11.1. The molecule has 4 fully saturated rings. The molecule has 73 heavy (non-hydrogen) atoms. The second-order valence-electron chi connectivity index (χ2n) is 21.2. The number of benzene rings is 2. The molecule has 388 valence electrons. The third-order valence-electron chi connectivity index (χ3n) is 15.8. The van der Waals surface area contributed by atoms with Crippen LogP contribution in [0.25, 0.3) is 11.4 Å². The van der Waals surface area contributed by atoms with Crippen LogP contribution in [0.15, 0.2) is 78.3 Å². The van der Waals surface area contributed by atoms with Crippen molar-refractivity contribution >= 4 is 44.5 Å². The van der Waals surface area contributed by atoms with Crippen molar-refractivity contribution in [1.29, 1.82) is 5.26 Å². The van der Waals surface area contributed by atoms with Crippen molar-refractivity contribution in [2.24, 2.45) is 11.3 Å². The van der Waals surface area contributed by atoms with Crippen LogP contribution in [0.1, 0.15) is 124 Å². The van der Waals surface area contributed by atoms with Gasteiger partial charge in [-0.1, -0.05) is 44.7 Å². The van der Waals surface area contributed by atoms with Crippen molar-refractivity contribution in [3.63, 3.8) is 0 Å². The summed E-state index contributed by atoms with van der Waals surface area (Å²) in [5.74, 6) is -0.721. The van der Waals surface area contributed by atoms with Crippen molar-refractivity contribution < 1.29 is 32.2 Å². The number of hydroxylamine groups is 1. The van der Waals surface area contributed by atoms with Crippen LogP contribution in [0, 0.1) is 27.9 Å². The molecule has 3 N–H and O–H groups in total. The topological polar surface area (TPSA) is 200 Å². The summed E-state index contributed by atoms with van der Waals surface area (Å²) >= 11 is 0. The largest absolute Gasteiger partial charge is 0.758 e. The highest BCUT2D eigenvalue weighted by Gasteiger charge is 2.50. The molecule has 2 aliphatic heterocycles. The fourth-order valence-electron chi connectivity index (χ4n) is 11.5. The molecule has 2 aromatic carbocycles. The van der Waals surface area contributed by atoms with Crippen molar-refractivity contribution in [1.82, 2.24) is 24.5 Å². The maximum Gasteiger partial charge on any atom is 0.268 e. The summed E-state index contributed by atoms with van der Waals surface area (Å²) in [5.41, 5.74) is 3.56. The summed E-state index contributed by atoms with van der Waals surface area (Å²) in [4.78, 5) is 29.9. The number of carbonyl (C=O) groups excluding carboxylic acids is 1. The number of amides is 1. The van der Waals surface area contributed by atoms with Gasteiger partial charge in [0.25, 0.3) is 21.8 Å². The number of nitrogens with zero attached hydrogens (tertiary/aromatic N) is 7. The van der Waals surface area contributed by atoms with E-state index in [1.165, 1.54) is 42.4 Å². The van der Waals surface area contributed by atoms with Crippen LogP contribution in [0.5, 0.6) is 17.4 Å². The first-order valence-corrected chi connectivity index (χ1v) is 27.0. The van der Waals surface area contributed by atoms with Crippen LogP contribution >= 0.6 is 0 Å². The molecule has 0 unspecified atom stereocenters. The fourth-order valence-corrected chi connectivity index (χ4v) is 12.5. The molecule has 2 saturated heterocycles. The lowest BCUT2D eigenvalue weighted by Gasteiger charge is -2.58. The lowest BCUT2D eigenvalue weighted by Crippen LogP contribution is -2.60. The Morgan fingerprint density at radius 2 is 1.81 bits per heavy atom. The number of ether oxygens (including phenoxy) is 2. The standard InChI is InChI=1S/C55H67FN9O7S/c1-7-71-53-49(29-44-45(56)26-36(4)50(44)60-53)72-48-27-38(12-13-43(48)52(66)61-73(69,70)40-28-46(62(6)68)51(59-33-40)58-32-37-14-16-54(5,67)17-15-37)64-21-18-55(19-22-64)30-39(31-55)65-25-24-63(23-20-57)34-47(65)42-11-9-8-10-41(42)35(2)3/h8-13,26-29,33,35,37,39,47,67H,4,7,14-19,21-25,30-32,34H2,1-3,5-6H3,(H,58,59)(H,61,66)/q-1/t37?,47-,54?/m0/s1. The van der Waals surface area contributed by atoms with Gasteiger partial charge in [-0.2, -0.15) is 5.26 Å². The minimum Gasteiger partial charge on any atom is -0.758 e. The predicted octanol–water partition coefficient (Wildman–Crippen LogP) is 9.17. The highest BCUT2D eigenvalue weighted by Crippen LogP contribution is 2.54. The summed E-state index contributed by atoms with van der Waals surface area (Å²) < 4.78 is 57.7. The van der Waals surface area contributed by atoms with E-state index in [9.17, 15) is 28.8 Å². The van der Waals surface area contributed by atoms with Gasteiger partial charge in [-0.25, -0.2) is 27.5 Å². The zero-order chi connectivity index (χ0) is 51.8. The lowest BCUT2D eigenvalue weighted by molar-refractivity contribution is -0.0600. The van der Waals surface area contributed by atoms with Gasteiger partial charge in [0.15, 0.2) is 5.75 Å². The molecule has 4 heterocycles. The number of hydrogen-bond donors (Lipinski definition) is 3. The molecule has 1 amide bonds. The molecule has 2 saturated carbocycles. The summed E-state index contributed by atoms with van der Waals surface area (Å²) in [5, 5.41) is 36.4. The maximum atomic E-state index is 15.2. The Labute approximate surface area is 428 Å². The number of nitrogens with one attached hydrogen (secondary N) is 2. The highest BCUT2D eigenvalue weighted by molar-refractivity contribution is 7.90. The zero-order valence-electron chi connectivity index (χ0n) is 42.5. The van der Waals surface area contributed by atoms with Crippen LogP contribution in [0.3, 0.4) is 0 Å². The molecule has 5 aliphatic rings. The summed E-state index contributed by atoms with van der Waals surface area (Å²) in [6.07, 6.45) is 9.30. The number of halogens is 1. The van der Waals surface area contributed by atoms with Gasteiger partial charge in [-0.15, -0.1) is 0 Å². The van der Waals surface area contributed by atoms with Gasteiger partial charge in [0.2, 0.25) is 0 Å². The Morgan fingerprint density at radius 3 is 2.51 bits per heavy atom. The van der Waals surface area contributed by atoms with Crippen molar-refractivity contribution in [3.8, 4) is 23.4 Å². The SMILES string of the molecule is C=C1C=C(F)c2cc(Oc3cc(N4CCC5(CC4)CC(N4CCN(CC#N)C[C@H]4c4ccccc4C(C)C)C5)ccc3C(=O)NS(=O)(=O)c3cnc(NCC4CCC(C)(O)CC4)c(N(C)[O-])c3)c(OCC)nc21. The fraction of sp³-hybridized carbons (Fsp3) is 0.491. The van der Waals surface area contributed by atoms with E-state index >= 15 is 4.39 Å². The van der Waals surface area contributed by atoms with Crippen molar-refractivity contribution in [2.75, 3.05) is 74.7 Å². The molecule has 9 rings (SSSR count). The van der Waals surface area contributed by atoms with Crippen LogP contribution in [0.4, 0.5) is 21.6 Å². The molecule has 0 bridgehead atoms. The number of sulfonamides is 1. The van der Waals surface area contributed by atoms with E-state index in [4.69, 9.17) is 9.47 Å². The smallest absolute Gasteiger partial charge is 0.268 e. The van der Waals surface area contributed by atoms with E-state index in [0.717, 1.165) is 83.1 Å². The summed E-state index contributed by atoms with van der Waals surface area (Å²) in [6, 6.07) is 19.3. The van der Waals surface area contributed by atoms with Gasteiger partial charge >= 0.3 is 0 Å². The second-order valence-corrected chi connectivity index (χ2v) is 22.9. The quantitative estimate of drug-likeness (QED) is 0.0708. The minimum atomic E-state index is -4.61. The van der Waals surface area contributed by atoms with E-state index in [1.54, 1.807) is 19.1 Å². The van der Waals surface area contributed by atoms with Gasteiger partial charge in [0.05, 0.1) is 41.8 Å². The Hall–Kier alpha value is -6.10. The van der Waals surface area contributed by atoms with E-state index in [0.29, 0.717) is 54.2 Å². The number of anilines is 3. The average Bonchev–Trinajstić information content (AvgIpc) is 3.63. The number of pyridine rings is 2. The van der Waals surface area contributed by atoms with Gasteiger partial charge in [-0.3, -0.25) is 14.6 Å². The first kappa shape index (κ1) is 51.8. The number of aliphatic hydroxyl groups is 1. The number of hydrogen-bond acceptors (Lipinski definition) is 15. The minimum absolute atomic E-state index is 0.0109. The van der Waals surface area contributed by atoms with Crippen LogP contribution in [-0.2, 0) is 10.0 Å². The summed E-state index contributed by atoms with van der Waals surface area (Å²) in [7, 11) is -3.38. The highest BCUT2D eigenvalue weighted by atomic mass is 32.2. The Kier molecular flexibility index (Phi) is 14.9. The Balaban J connectivity index is 0.942. The molecule has 1 atom stereocenters. The number of aromatic nitrogens is 2. The number of piperazine rings is 1. The van der Waals surface area contributed by atoms with Gasteiger partial charge in [0, 0.05) is 74.9 Å².